The van der Waals surface area contributed by atoms with Gasteiger partial charge in [0.05, 0.1) is 12.1 Å². The summed E-state index contributed by atoms with van der Waals surface area (Å²) in [6.07, 6.45) is 2.61. The highest BCUT2D eigenvalue weighted by Crippen LogP contribution is 2.24. The molecule has 0 bridgehead atoms. The first-order valence-electron chi connectivity index (χ1n) is 9.37. The lowest BCUT2D eigenvalue weighted by Crippen LogP contribution is -2.31. The van der Waals surface area contributed by atoms with Gasteiger partial charge in [0.15, 0.2) is 0 Å². The largest absolute Gasteiger partial charge is 0.462 e. The Kier molecular flexibility index (Phi) is 5.20. The minimum absolute atomic E-state index is 0.0738. The third kappa shape index (κ3) is 3.55. The second-order valence-corrected chi connectivity index (χ2v) is 7.37. The van der Waals surface area contributed by atoms with Gasteiger partial charge in [-0.2, -0.15) is 0 Å². The van der Waals surface area contributed by atoms with E-state index in [1.165, 1.54) is 15.5 Å². The highest BCUT2D eigenvalue weighted by molar-refractivity contribution is 6.30. The second-order valence-electron chi connectivity index (χ2n) is 6.94. The van der Waals surface area contributed by atoms with Gasteiger partial charge >= 0.3 is 5.97 Å². The Labute approximate surface area is 168 Å². The quantitative estimate of drug-likeness (QED) is 0.631. The van der Waals surface area contributed by atoms with Crippen LogP contribution in [0.15, 0.2) is 53.5 Å². The topological polar surface area (TPSA) is 51.0 Å². The van der Waals surface area contributed by atoms with Crippen LogP contribution in [0, 0.1) is 0 Å². The van der Waals surface area contributed by atoms with Crippen LogP contribution in [0.2, 0.25) is 5.02 Å². The number of pyridine rings is 2. The van der Waals surface area contributed by atoms with Crippen molar-refractivity contribution in [3.8, 4) is 0 Å². The normalized spacial score (nSPS) is 14.1. The molecule has 0 fully saturated rings. The first kappa shape index (κ1) is 18.7. The van der Waals surface area contributed by atoms with Gasteiger partial charge in [0, 0.05) is 30.9 Å². The predicted octanol–water partition coefficient (Wildman–Crippen LogP) is 3.69. The molecule has 0 spiro atoms. The van der Waals surface area contributed by atoms with E-state index in [9.17, 15) is 9.59 Å². The molecule has 0 unspecified atom stereocenters. The lowest BCUT2D eigenvalue weighted by Gasteiger charge is -2.29. The Hall–Kier alpha value is -2.63. The molecule has 0 atom stereocenters. The summed E-state index contributed by atoms with van der Waals surface area (Å²) in [5.74, 6) is -0.578. The molecule has 2 aromatic heterocycles. The molecule has 0 radical (unpaired) electrons. The standard InChI is InChI=1S/C22H21ClN2O3/c1-2-28-22(27)19-12-17(20-5-3-4-9-25(20)21(19)26)14-24-10-8-15-11-18(23)7-6-16(15)13-24/h3-7,9,11-12H,2,8,10,13-14H2,1H3. The zero-order chi connectivity index (χ0) is 19.7. The van der Waals surface area contributed by atoms with Crippen LogP contribution in [0.5, 0.6) is 0 Å². The van der Waals surface area contributed by atoms with Crippen molar-refractivity contribution in [3.05, 3.63) is 86.3 Å². The van der Waals surface area contributed by atoms with Crippen molar-refractivity contribution in [2.45, 2.75) is 26.4 Å². The molecule has 0 amide bonds. The van der Waals surface area contributed by atoms with E-state index in [1.54, 1.807) is 25.3 Å². The van der Waals surface area contributed by atoms with E-state index in [2.05, 4.69) is 11.0 Å². The molecule has 4 rings (SSSR count). The Balaban J connectivity index is 1.70. The molecule has 1 aliphatic heterocycles. The lowest BCUT2D eigenvalue weighted by molar-refractivity contribution is 0.0524. The molecule has 1 aromatic carbocycles. The van der Waals surface area contributed by atoms with Crippen LogP contribution in [-0.2, 0) is 24.2 Å². The number of carbonyl (C=O) groups is 1. The van der Waals surface area contributed by atoms with Crippen LogP contribution in [0.25, 0.3) is 5.52 Å². The molecule has 0 aliphatic carbocycles. The van der Waals surface area contributed by atoms with Crippen molar-refractivity contribution in [2.24, 2.45) is 0 Å². The van der Waals surface area contributed by atoms with E-state index in [0.29, 0.717) is 6.54 Å². The zero-order valence-electron chi connectivity index (χ0n) is 15.7. The molecular weight excluding hydrogens is 376 g/mol. The Morgan fingerprint density at radius 2 is 2.04 bits per heavy atom. The number of carbonyl (C=O) groups excluding carboxylic acids is 1. The maximum Gasteiger partial charge on any atom is 0.343 e. The Morgan fingerprint density at radius 1 is 1.18 bits per heavy atom. The average molecular weight is 397 g/mol. The number of nitrogens with zero attached hydrogens (tertiary/aromatic N) is 2. The van der Waals surface area contributed by atoms with E-state index >= 15 is 0 Å². The van der Waals surface area contributed by atoms with Gasteiger partial charge in [-0.25, -0.2) is 4.79 Å². The summed E-state index contributed by atoms with van der Waals surface area (Å²) < 4.78 is 6.61. The molecule has 144 valence electrons. The average Bonchev–Trinajstić information content (AvgIpc) is 2.70. The van der Waals surface area contributed by atoms with Gasteiger partial charge in [-0.05, 0) is 60.4 Å². The summed E-state index contributed by atoms with van der Waals surface area (Å²) in [6.45, 7) is 4.30. The van der Waals surface area contributed by atoms with Crippen molar-refractivity contribution in [1.82, 2.24) is 9.30 Å². The summed E-state index contributed by atoms with van der Waals surface area (Å²) in [4.78, 5) is 27.3. The molecule has 1 aliphatic rings. The first-order chi connectivity index (χ1) is 13.6. The second kappa shape index (κ2) is 7.78. The van der Waals surface area contributed by atoms with Gasteiger partial charge in [0.2, 0.25) is 0 Å². The fraction of sp³-hybridized carbons (Fsp3) is 0.273. The maximum absolute atomic E-state index is 12.7. The van der Waals surface area contributed by atoms with Crippen molar-refractivity contribution in [1.29, 1.82) is 0 Å². The molecule has 28 heavy (non-hydrogen) atoms. The smallest absolute Gasteiger partial charge is 0.343 e. The van der Waals surface area contributed by atoms with Crippen molar-refractivity contribution in [2.75, 3.05) is 13.2 Å². The monoisotopic (exact) mass is 396 g/mol. The number of esters is 1. The van der Waals surface area contributed by atoms with E-state index in [1.807, 2.05) is 24.3 Å². The van der Waals surface area contributed by atoms with Crippen LogP contribution in [0.3, 0.4) is 0 Å². The molecule has 3 aromatic rings. The van der Waals surface area contributed by atoms with E-state index in [0.717, 1.165) is 35.6 Å². The van der Waals surface area contributed by atoms with Gasteiger partial charge in [-0.1, -0.05) is 23.7 Å². The number of ether oxygens (including phenoxy) is 1. The number of halogens is 1. The minimum atomic E-state index is -0.578. The third-order valence-corrected chi connectivity index (χ3v) is 5.34. The molecule has 0 N–H and O–H groups in total. The Morgan fingerprint density at radius 3 is 2.86 bits per heavy atom. The van der Waals surface area contributed by atoms with Crippen LogP contribution >= 0.6 is 11.6 Å². The Bertz CT molecular complexity index is 1110. The number of aromatic nitrogens is 1. The van der Waals surface area contributed by atoms with E-state index < -0.39 is 5.97 Å². The molecule has 0 saturated carbocycles. The van der Waals surface area contributed by atoms with Crippen molar-refractivity contribution < 1.29 is 9.53 Å². The number of rotatable bonds is 4. The van der Waals surface area contributed by atoms with Crippen LogP contribution in [0.1, 0.15) is 34.0 Å². The molecule has 5 nitrogen and oxygen atoms in total. The van der Waals surface area contributed by atoms with Crippen LogP contribution in [-0.4, -0.2) is 28.4 Å². The third-order valence-electron chi connectivity index (χ3n) is 5.11. The summed E-state index contributed by atoms with van der Waals surface area (Å²) in [7, 11) is 0. The molecular formula is C22H21ClN2O3. The van der Waals surface area contributed by atoms with Crippen molar-refractivity contribution >= 4 is 23.1 Å². The zero-order valence-corrected chi connectivity index (χ0v) is 16.4. The summed E-state index contributed by atoms with van der Waals surface area (Å²) >= 11 is 6.11. The predicted molar refractivity (Wildman–Crippen MR) is 109 cm³/mol. The summed E-state index contributed by atoms with van der Waals surface area (Å²) in [6, 6.07) is 13.3. The lowest BCUT2D eigenvalue weighted by atomic mass is 9.99. The van der Waals surface area contributed by atoms with Crippen LogP contribution in [0.4, 0.5) is 0 Å². The molecule has 0 saturated heterocycles. The molecule has 3 heterocycles. The van der Waals surface area contributed by atoms with Crippen molar-refractivity contribution in [3.63, 3.8) is 0 Å². The number of fused-ring (bicyclic) bond motifs is 2. The first-order valence-corrected chi connectivity index (χ1v) is 9.74. The van der Waals surface area contributed by atoms with Gasteiger partial charge in [0.25, 0.3) is 5.56 Å². The number of benzene rings is 1. The van der Waals surface area contributed by atoms with E-state index in [4.69, 9.17) is 16.3 Å². The highest BCUT2D eigenvalue weighted by Gasteiger charge is 2.20. The van der Waals surface area contributed by atoms with Gasteiger partial charge in [-0.3, -0.25) is 14.1 Å². The van der Waals surface area contributed by atoms with Crippen LogP contribution < -0.4 is 5.56 Å². The summed E-state index contributed by atoms with van der Waals surface area (Å²) in [5.41, 5.74) is 4.01. The molecule has 6 heteroatoms. The number of hydrogen-bond donors (Lipinski definition) is 0. The summed E-state index contributed by atoms with van der Waals surface area (Å²) in [5, 5.41) is 0.764. The SMILES string of the molecule is CCOC(=O)c1cc(CN2CCc3cc(Cl)ccc3C2)c2ccccn2c1=O. The fourth-order valence-corrected chi connectivity index (χ4v) is 3.95. The van der Waals surface area contributed by atoms with Gasteiger partial charge in [-0.15, -0.1) is 0 Å². The maximum atomic E-state index is 12.7. The van der Waals surface area contributed by atoms with Gasteiger partial charge in [0.1, 0.15) is 5.56 Å². The minimum Gasteiger partial charge on any atom is -0.462 e. The fourth-order valence-electron chi connectivity index (χ4n) is 3.76. The highest BCUT2D eigenvalue weighted by atomic mass is 35.5. The van der Waals surface area contributed by atoms with Gasteiger partial charge < -0.3 is 4.74 Å². The van der Waals surface area contributed by atoms with E-state index in [-0.39, 0.29) is 17.7 Å². The number of hydrogen-bond acceptors (Lipinski definition) is 4.